The maximum absolute atomic E-state index is 13.3. The number of ether oxygens (including phenoxy) is 2. The average molecular weight is 500 g/mol. The smallest absolute Gasteiger partial charge is 0.408 e. The monoisotopic (exact) mass is 499 g/mol. The number of rotatable bonds is 8. The van der Waals surface area contributed by atoms with Gasteiger partial charge in [0.25, 0.3) is 5.91 Å². The Labute approximate surface area is 203 Å². The summed E-state index contributed by atoms with van der Waals surface area (Å²) in [7, 11) is -2.33. The molecule has 0 aromatic rings. The lowest BCUT2D eigenvalue weighted by Gasteiger charge is -2.43. The van der Waals surface area contributed by atoms with Crippen LogP contribution in [0, 0.1) is 0 Å². The summed E-state index contributed by atoms with van der Waals surface area (Å²) in [4.78, 5) is 38.6. The molecule has 2 N–H and O–H groups in total. The highest BCUT2D eigenvalue weighted by Gasteiger charge is 2.47. The largest absolute Gasteiger partial charge is 0.460 e. The van der Waals surface area contributed by atoms with Gasteiger partial charge >= 0.3 is 12.1 Å². The molecule has 1 heterocycles. The van der Waals surface area contributed by atoms with E-state index in [0.29, 0.717) is 6.42 Å². The van der Waals surface area contributed by atoms with Crippen LogP contribution < -0.4 is 5.32 Å². The van der Waals surface area contributed by atoms with Crippen molar-refractivity contribution in [3.05, 3.63) is 12.2 Å². The fraction of sp³-hybridized carbons (Fsp3) is 0.739. The Hall–Kier alpha value is -2.24. The van der Waals surface area contributed by atoms with Gasteiger partial charge in [-0.15, -0.1) is 0 Å². The first-order valence-corrected chi connectivity index (χ1v) is 14.4. The Morgan fingerprint density at radius 2 is 1.85 bits per heavy atom. The van der Waals surface area contributed by atoms with E-state index >= 15 is 0 Å². The van der Waals surface area contributed by atoms with E-state index in [0.717, 1.165) is 5.01 Å². The summed E-state index contributed by atoms with van der Waals surface area (Å²) in [6, 6.07) is -2.55. The number of aliphatic hydroxyl groups excluding tert-OH is 1. The predicted molar refractivity (Wildman–Crippen MR) is 132 cm³/mol. The van der Waals surface area contributed by atoms with E-state index in [2.05, 4.69) is 31.2 Å². The average Bonchev–Trinajstić information content (AvgIpc) is 2.69. The maximum Gasteiger partial charge on any atom is 0.408 e. The zero-order valence-corrected chi connectivity index (χ0v) is 22.9. The third-order valence-corrected chi connectivity index (χ3v) is 10.1. The first-order chi connectivity index (χ1) is 15.5. The zero-order chi connectivity index (χ0) is 26.3. The minimum absolute atomic E-state index is 0.0317. The Kier molecular flexibility index (Phi) is 10.5. The van der Waals surface area contributed by atoms with Gasteiger partial charge in [0, 0.05) is 12.6 Å². The molecule has 0 saturated heterocycles. The molecule has 0 bridgehead atoms. The molecule has 0 radical (unpaired) electrons. The lowest BCUT2D eigenvalue weighted by molar-refractivity contribution is -0.160. The van der Waals surface area contributed by atoms with E-state index in [9.17, 15) is 19.5 Å². The van der Waals surface area contributed by atoms with Gasteiger partial charge in [0.05, 0.1) is 12.7 Å². The van der Waals surface area contributed by atoms with Crippen molar-refractivity contribution in [2.75, 3.05) is 13.2 Å². The van der Waals surface area contributed by atoms with Crippen molar-refractivity contribution in [3.63, 3.8) is 0 Å². The van der Waals surface area contributed by atoms with Crippen LogP contribution in [0.5, 0.6) is 0 Å². The molecule has 1 aliphatic rings. The van der Waals surface area contributed by atoms with Crippen molar-refractivity contribution in [3.8, 4) is 0 Å². The van der Waals surface area contributed by atoms with Crippen molar-refractivity contribution < 1.29 is 33.4 Å². The van der Waals surface area contributed by atoms with Crippen LogP contribution >= 0.6 is 0 Å². The van der Waals surface area contributed by atoms with Crippen molar-refractivity contribution in [1.82, 2.24) is 10.3 Å². The SMILES string of the molecule is C/C=C/COC(=O)[C@@H]1[C@@H](O[Si](C)(C)C(C)(C)C)CC=NN1C(=O)[C@@H](CO)NC(=O)OC(C)(C)C. The Bertz CT molecular complexity index is 784. The molecule has 1 rings (SSSR count). The van der Waals surface area contributed by atoms with E-state index in [1.807, 2.05) is 13.1 Å². The molecule has 2 amide bonds. The summed E-state index contributed by atoms with van der Waals surface area (Å²) in [5.74, 6) is -1.46. The normalized spacial score (nSPS) is 20.2. The second kappa shape index (κ2) is 11.9. The topological polar surface area (TPSA) is 127 Å². The molecule has 0 saturated carbocycles. The highest BCUT2D eigenvalue weighted by Crippen LogP contribution is 2.38. The number of amides is 2. The van der Waals surface area contributed by atoms with Gasteiger partial charge < -0.3 is 24.3 Å². The van der Waals surface area contributed by atoms with Gasteiger partial charge in [-0.25, -0.2) is 14.6 Å². The van der Waals surface area contributed by atoms with Gasteiger partial charge in [0.15, 0.2) is 14.4 Å². The second-order valence-corrected chi connectivity index (χ2v) is 15.4. The predicted octanol–water partition coefficient (Wildman–Crippen LogP) is 2.97. The van der Waals surface area contributed by atoms with Gasteiger partial charge in [-0.2, -0.15) is 5.10 Å². The molecule has 0 fully saturated rings. The number of nitrogens with zero attached hydrogens (tertiary/aromatic N) is 2. The Morgan fingerprint density at radius 1 is 1.24 bits per heavy atom. The van der Waals surface area contributed by atoms with Crippen LogP contribution in [-0.4, -0.2) is 79.6 Å². The molecule has 3 atom stereocenters. The Morgan fingerprint density at radius 3 is 2.35 bits per heavy atom. The van der Waals surface area contributed by atoms with Crippen molar-refractivity contribution in [2.45, 2.75) is 96.8 Å². The molecule has 1 aliphatic heterocycles. The first kappa shape index (κ1) is 29.8. The zero-order valence-electron chi connectivity index (χ0n) is 21.9. The van der Waals surface area contributed by atoms with Crippen LogP contribution in [-0.2, 0) is 23.5 Å². The molecule has 0 unspecified atom stereocenters. The van der Waals surface area contributed by atoms with Gasteiger partial charge in [-0.1, -0.05) is 32.9 Å². The van der Waals surface area contributed by atoms with Crippen molar-refractivity contribution >= 4 is 32.5 Å². The fourth-order valence-corrected chi connectivity index (χ4v) is 4.15. The molecule has 34 heavy (non-hydrogen) atoms. The summed E-state index contributed by atoms with van der Waals surface area (Å²) in [6.45, 7) is 16.5. The summed E-state index contributed by atoms with van der Waals surface area (Å²) in [6.07, 6.45) is 3.64. The molecule has 0 aliphatic carbocycles. The van der Waals surface area contributed by atoms with E-state index in [4.69, 9.17) is 13.9 Å². The molecule has 0 spiro atoms. The summed E-state index contributed by atoms with van der Waals surface area (Å²) < 4.78 is 17.0. The number of carbonyl (C=O) groups is 3. The van der Waals surface area contributed by atoms with Crippen LogP contribution in [0.15, 0.2) is 17.3 Å². The molecule has 10 nitrogen and oxygen atoms in total. The van der Waals surface area contributed by atoms with Crippen molar-refractivity contribution in [2.24, 2.45) is 5.10 Å². The highest BCUT2D eigenvalue weighted by molar-refractivity contribution is 6.74. The van der Waals surface area contributed by atoms with Crippen LogP contribution in [0.2, 0.25) is 18.1 Å². The summed E-state index contributed by atoms with van der Waals surface area (Å²) in [5.41, 5.74) is -0.794. The van der Waals surface area contributed by atoms with E-state index in [1.165, 1.54) is 6.21 Å². The summed E-state index contributed by atoms with van der Waals surface area (Å²) in [5, 5.41) is 17.1. The standard InChI is InChI=1S/C23H41N3O7Si/c1-10-11-14-31-20(29)18-17(33-34(8,9)23(5,6)7)12-13-24-26(18)19(28)16(15-27)25-21(30)32-22(2,3)4/h10-11,13,16-18,27H,12,14-15H2,1-9H3,(H,25,30)/b11-10+/t16-,17+,18+/m1/s1. The minimum atomic E-state index is -2.33. The van der Waals surface area contributed by atoms with E-state index in [1.54, 1.807) is 39.8 Å². The van der Waals surface area contributed by atoms with Crippen LogP contribution in [0.3, 0.4) is 0 Å². The molecule has 0 aromatic heterocycles. The van der Waals surface area contributed by atoms with Gasteiger partial charge in [0.1, 0.15) is 18.2 Å². The highest BCUT2D eigenvalue weighted by atomic mass is 28.4. The van der Waals surface area contributed by atoms with Gasteiger partial charge in [-0.3, -0.25) is 4.79 Å². The number of hydrogen-bond donors (Lipinski definition) is 2. The minimum Gasteiger partial charge on any atom is -0.460 e. The molecule has 11 heteroatoms. The number of nitrogens with one attached hydrogen (secondary N) is 1. The summed E-state index contributed by atoms with van der Waals surface area (Å²) >= 11 is 0. The Balaban J connectivity index is 3.24. The lowest BCUT2D eigenvalue weighted by Crippen LogP contribution is -2.60. The third kappa shape index (κ3) is 8.52. The number of hydrazone groups is 1. The second-order valence-electron chi connectivity index (χ2n) is 10.7. The number of esters is 1. The van der Waals surface area contributed by atoms with Crippen LogP contribution in [0.4, 0.5) is 4.79 Å². The molecular formula is C23H41N3O7Si. The van der Waals surface area contributed by atoms with Crippen LogP contribution in [0.1, 0.15) is 54.9 Å². The number of alkyl carbamates (subject to hydrolysis) is 1. The van der Waals surface area contributed by atoms with E-state index < -0.39 is 56.7 Å². The van der Waals surface area contributed by atoms with Crippen molar-refractivity contribution in [1.29, 1.82) is 0 Å². The van der Waals surface area contributed by atoms with Crippen LogP contribution in [0.25, 0.3) is 0 Å². The van der Waals surface area contributed by atoms with Gasteiger partial charge in [-0.05, 0) is 45.8 Å². The third-order valence-electron chi connectivity index (χ3n) is 5.61. The van der Waals surface area contributed by atoms with Gasteiger partial charge in [0.2, 0.25) is 0 Å². The fourth-order valence-electron chi connectivity index (χ4n) is 2.82. The quantitative estimate of drug-likeness (QED) is 0.299. The number of aliphatic hydroxyl groups is 1. The lowest BCUT2D eigenvalue weighted by atomic mass is 10.1. The number of carbonyl (C=O) groups excluding carboxylic acids is 3. The molecular weight excluding hydrogens is 458 g/mol. The number of hydrogen-bond acceptors (Lipinski definition) is 8. The maximum atomic E-state index is 13.3. The molecule has 194 valence electrons. The first-order valence-electron chi connectivity index (χ1n) is 11.5. The van der Waals surface area contributed by atoms with E-state index in [-0.39, 0.29) is 11.6 Å². The molecule has 0 aromatic carbocycles. The number of allylic oxidation sites excluding steroid dienone is 1.